The third kappa shape index (κ3) is 4.05. The molecule has 0 bridgehead atoms. The Morgan fingerprint density at radius 2 is 2.13 bits per heavy atom. The molecule has 1 aromatic heterocycles. The highest BCUT2D eigenvalue weighted by molar-refractivity contribution is 5.77. The number of nitrogens with one attached hydrogen (secondary N) is 2. The molecule has 0 aromatic carbocycles. The van der Waals surface area contributed by atoms with Gasteiger partial charge >= 0.3 is 0 Å². The summed E-state index contributed by atoms with van der Waals surface area (Å²) in [4.78, 5) is 11.8. The third-order valence-electron chi connectivity index (χ3n) is 4.10. The van der Waals surface area contributed by atoms with E-state index in [9.17, 15) is 15.0 Å². The van der Waals surface area contributed by atoms with E-state index in [1.807, 2.05) is 7.05 Å². The molecule has 9 nitrogen and oxygen atoms in total. The van der Waals surface area contributed by atoms with Gasteiger partial charge in [-0.3, -0.25) is 4.79 Å². The van der Waals surface area contributed by atoms with Gasteiger partial charge < -0.3 is 25.6 Å². The maximum atomic E-state index is 11.8. The van der Waals surface area contributed by atoms with Crippen LogP contribution in [0.4, 0.5) is 0 Å². The highest BCUT2D eigenvalue weighted by Gasteiger charge is 2.43. The highest BCUT2D eigenvalue weighted by Crippen LogP contribution is 2.25. The second-order valence-corrected chi connectivity index (χ2v) is 6.20. The standard InChI is InChI=1S/C14H23N5O4/c1-15-5-9-6-19(18-17-9)7-11-14(22)13(21)10(23-11)4-12(20)16-8-2-3-8/h6,8,10-11,13-15,21-22H,2-5,7H2,1H3,(H,16,20)/t10-,11+,13-,14+/m0/s1. The van der Waals surface area contributed by atoms with E-state index in [0.29, 0.717) is 6.54 Å². The number of hydrogen-bond acceptors (Lipinski definition) is 7. The summed E-state index contributed by atoms with van der Waals surface area (Å²) in [6.07, 6.45) is 0.371. The molecule has 4 N–H and O–H groups in total. The lowest BCUT2D eigenvalue weighted by Crippen LogP contribution is -2.36. The predicted molar refractivity (Wildman–Crippen MR) is 79.2 cm³/mol. The van der Waals surface area contributed by atoms with Crippen LogP contribution in [0.1, 0.15) is 25.0 Å². The molecule has 1 saturated heterocycles. The Kier molecular flexibility index (Phi) is 4.90. The first-order valence-corrected chi connectivity index (χ1v) is 7.91. The molecule has 128 valence electrons. The molecule has 0 radical (unpaired) electrons. The first-order valence-electron chi connectivity index (χ1n) is 7.91. The van der Waals surface area contributed by atoms with Gasteiger partial charge in [0.2, 0.25) is 5.91 Å². The number of aliphatic hydroxyl groups excluding tert-OH is 2. The molecule has 2 aliphatic rings. The minimum Gasteiger partial charge on any atom is -0.388 e. The van der Waals surface area contributed by atoms with Crippen LogP contribution in [0.2, 0.25) is 0 Å². The first-order chi connectivity index (χ1) is 11.1. The molecular weight excluding hydrogens is 302 g/mol. The minimum absolute atomic E-state index is 0.0492. The van der Waals surface area contributed by atoms with Crippen molar-refractivity contribution in [2.24, 2.45) is 0 Å². The number of rotatable bonds is 7. The van der Waals surface area contributed by atoms with Gasteiger partial charge in [-0.2, -0.15) is 0 Å². The zero-order chi connectivity index (χ0) is 16.4. The maximum Gasteiger partial charge on any atom is 0.222 e. The average molecular weight is 325 g/mol. The number of carbonyl (C=O) groups excluding carboxylic acids is 1. The Hall–Kier alpha value is -1.55. The third-order valence-corrected chi connectivity index (χ3v) is 4.10. The van der Waals surface area contributed by atoms with E-state index in [4.69, 9.17) is 4.74 Å². The van der Waals surface area contributed by atoms with Gasteiger partial charge in [-0.25, -0.2) is 4.68 Å². The summed E-state index contributed by atoms with van der Waals surface area (Å²) in [6, 6.07) is 0.266. The molecule has 9 heteroatoms. The fourth-order valence-electron chi connectivity index (χ4n) is 2.72. The van der Waals surface area contributed by atoms with Gasteiger partial charge in [0.05, 0.1) is 24.8 Å². The molecule has 0 spiro atoms. The largest absolute Gasteiger partial charge is 0.388 e. The number of nitrogens with zero attached hydrogens (tertiary/aromatic N) is 3. The number of carbonyl (C=O) groups is 1. The summed E-state index contributed by atoms with van der Waals surface area (Å²) in [7, 11) is 1.82. The fraction of sp³-hybridized carbons (Fsp3) is 0.786. The van der Waals surface area contributed by atoms with Crippen molar-refractivity contribution < 1.29 is 19.7 Å². The van der Waals surface area contributed by atoms with E-state index in [1.165, 1.54) is 0 Å². The zero-order valence-corrected chi connectivity index (χ0v) is 13.1. The van der Waals surface area contributed by atoms with Gasteiger partial charge in [0.25, 0.3) is 0 Å². The lowest BCUT2D eigenvalue weighted by Gasteiger charge is -2.14. The van der Waals surface area contributed by atoms with Crippen LogP contribution < -0.4 is 10.6 Å². The van der Waals surface area contributed by atoms with Crippen LogP contribution in [0.5, 0.6) is 0 Å². The van der Waals surface area contributed by atoms with Crippen LogP contribution >= 0.6 is 0 Å². The number of hydrogen-bond donors (Lipinski definition) is 4. The normalized spacial score (nSPS) is 30.6. The number of amides is 1. The quantitative estimate of drug-likeness (QED) is 0.464. The molecule has 1 aliphatic heterocycles. The average Bonchev–Trinajstić information content (AvgIpc) is 3.15. The van der Waals surface area contributed by atoms with Crippen LogP contribution in [-0.4, -0.2) is 68.6 Å². The Labute approximate surface area is 134 Å². The predicted octanol–water partition coefficient (Wildman–Crippen LogP) is -1.84. The zero-order valence-electron chi connectivity index (χ0n) is 13.1. The molecule has 2 heterocycles. The monoisotopic (exact) mass is 325 g/mol. The van der Waals surface area contributed by atoms with E-state index < -0.39 is 24.4 Å². The van der Waals surface area contributed by atoms with Crippen LogP contribution in [0.15, 0.2) is 6.20 Å². The van der Waals surface area contributed by atoms with Crippen LogP contribution in [0.3, 0.4) is 0 Å². The Morgan fingerprint density at radius 3 is 2.83 bits per heavy atom. The molecule has 1 amide bonds. The topological polar surface area (TPSA) is 122 Å². The molecular formula is C14H23N5O4. The highest BCUT2D eigenvalue weighted by atomic mass is 16.5. The summed E-state index contributed by atoms with van der Waals surface area (Å²) in [5.74, 6) is -0.151. The van der Waals surface area contributed by atoms with Crippen molar-refractivity contribution >= 4 is 5.91 Å². The van der Waals surface area contributed by atoms with E-state index in [2.05, 4.69) is 20.9 Å². The van der Waals surface area contributed by atoms with Gasteiger partial charge in [-0.05, 0) is 19.9 Å². The number of aromatic nitrogens is 3. The molecule has 23 heavy (non-hydrogen) atoms. The van der Waals surface area contributed by atoms with Gasteiger partial charge in [-0.15, -0.1) is 5.10 Å². The summed E-state index contributed by atoms with van der Waals surface area (Å²) in [6.45, 7) is 0.871. The number of aliphatic hydroxyl groups is 2. The van der Waals surface area contributed by atoms with Crippen LogP contribution in [-0.2, 0) is 22.6 Å². The Bertz CT molecular complexity index is 547. The SMILES string of the molecule is CNCc1cn(C[C@H]2O[C@@H](CC(=O)NC3CC3)[C@H](O)[C@@H]2O)nn1. The Morgan fingerprint density at radius 1 is 1.39 bits per heavy atom. The molecule has 1 aromatic rings. The van der Waals surface area contributed by atoms with Crippen LogP contribution in [0.25, 0.3) is 0 Å². The minimum atomic E-state index is -1.08. The molecule has 2 fully saturated rings. The van der Waals surface area contributed by atoms with Crippen molar-refractivity contribution in [1.29, 1.82) is 0 Å². The Balaban J connectivity index is 1.54. The van der Waals surface area contributed by atoms with E-state index in [1.54, 1.807) is 10.9 Å². The van der Waals surface area contributed by atoms with Gasteiger partial charge in [0, 0.05) is 18.8 Å². The fourth-order valence-corrected chi connectivity index (χ4v) is 2.72. The maximum absolute atomic E-state index is 11.8. The van der Waals surface area contributed by atoms with Crippen molar-refractivity contribution in [3.63, 3.8) is 0 Å². The summed E-state index contributed by atoms with van der Waals surface area (Å²) >= 11 is 0. The lowest BCUT2D eigenvalue weighted by atomic mass is 10.1. The second-order valence-electron chi connectivity index (χ2n) is 6.20. The second kappa shape index (κ2) is 6.91. The van der Waals surface area contributed by atoms with E-state index in [0.717, 1.165) is 18.5 Å². The molecule has 0 unspecified atom stereocenters. The van der Waals surface area contributed by atoms with Crippen molar-refractivity contribution in [2.45, 2.75) is 62.8 Å². The van der Waals surface area contributed by atoms with Gasteiger partial charge in [0.15, 0.2) is 0 Å². The van der Waals surface area contributed by atoms with Crippen molar-refractivity contribution in [3.8, 4) is 0 Å². The summed E-state index contributed by atoms with van der Waals surface area (Å²) in [5.41, 5.74) is 0.779. The number of ether oxygens (including phenoxy) is 1. The van der Waals surface area contributed by atoms with Crippen molar-refractivity contribution in [1.82, 2.24) is 25.6 Å². The molecule has 3 rings (SSSR count). The van der Waals surface area contributed by atoms with Gasteiger partial charge in [0.1, 0.15) is 18.3 Å². The van der Waals surface area contributed by atoms with E-state index in [-0.39, 0.29) is 24.9 Å². The molecule has 1 aliphatic carbocycles. The van der Waals surface area contributed by atoms with E-state index >= 15 is 0 Å². The molecule has 1 saturated carbocycles. The summed E-state index contributed by atoms with van der Waals surface area (Å²) in [5, 5.41) is 34.0. The first kappa shape index (κ1) is 16.3. The van der Waals surface area contributed by atoms with Crippen molar-refractivity contribution in [2.75, 3.05) is 7.05 Å². The molecule has 4 atom stereocenters. The van der Waals surface area contributed by atoms with Crippen molar-refractivity contribution in [3.05, 3.63) is 11.9 Å². The lowest BCUT2D eigenvalue weighted by molar-refractivity contribution is -0.125. The summed E-state index contributed by atoms with van der Waals surface area (Å²) < 4.78 is 7.24. The van der Waals surface area contributed by atoms with Crippen LogP contribution in [0, 0.1) is 0 Å². The van der Waals surface area contributed by atoms with Gasteiger partial charge in [-0.1, -0.05) is 5.21 Å². The smallest absolute Gasteiger partial charge is 0.222 e.